The van der Waals surface area contributed by atoms with E-state index < -0.39 is 17.7 Å². The second-order valence-electron chi connectivity index (χ2n) is 7.49. The van der Waals surface area contributed by atoms with E-state index >= 15 is 0 Å². The number of carbonyl (C=O) groups excluding carboxylic acids is 2. The van der Waals surface area contributed by atoms with Crippen molar-refractivity contribution in [3.8, 4) is 11.5 Å². The van der Waals surface area contributed by atoms with Gasteiger partial charge in [0, 0.05) is 11.8 Å². The Morgan fingerprint density at radius 2 is 1.76 bits per heavy atom. The Morgan fingerprint density at radius 1 is 1.00 bits per heavy atom. The minimum absolute atomic E-state index is 0.0546. The molecule has 1 unspecified atom stereocenters. The van der Waals surface area contributed by atoms with Crippen LogP contribution in [0.3, 0.4) is 0 Å². The Hall–Kier alpha value is -3.55. The molecule has 1 N–H and O–H groups in total. The average Bonchev–Trinajstić information content (AvgIpc) is 3.10. The summed E-state index contributed by atoms with van der Waals surface area (Å²) in [6.07, 6.45) is 1.60. The van der Waals surface area contributed by atoms with Gasteiger partial charge >= 0.3 is 0 Å². The fourth-order valence-electron chi connectivity index (χ4n) is 3.88. The number of ether oxygens (including phenoxy) is 2. The first-order valence-corrected chi connectivity index (χ1v) is 11.0. The molecule has 2 heterocycles. The number of aliphatic hydroxyl groups is 1. The number of benzene rings is 2. The van der Waals surface area contributed by atoms with Crippen LogP contribution in [0, 0.1) is 0 Å². The van der Waals surface area contributed by atoms with E-state index in [1.165, 1.54) is 25.2 Å². The molecule has 174 valence electrons. The largest absolute Gasteiger partial charge is 0.507 e. The number of Topliss-reactive ketones (excluding diaryl/α,β-unsaturated/α-hetero) is 1. The number of methoxy groups -OCH3 is 2. The number of hydrogen-bond donors (Lipinski definition) is 1. The van der Waals surface area contributed by atoms with Crippen LogP contribution >= 0.6 is 23.2 Å². The lowest BCUT2D eigenvalue weighted by Crippen LogP contribution is -2.29. The number of rotatable bonds is 6. The molecule has 0 radical (unpaired) electrons. The Morgan fingerprint density at radius 3 is 2.41 bits per heavy atom. The number of halogens is 2. The Labute approximate surface area is 206 Å². The van der Waals surface area contributed by atoms with Gasteiger partial charge in [0.05, 0.1) is 48.1 Å². The van der Waals surface area contributed by atoms with Gasteiger partial charge in [-0.3, -0.25) is 14.6 Å². The summed E-state index contributed by atoms with van der Waals surface area (Å²) in [6.45, 7) is 0.0546. The molecule has 1 fully saturated rings. The number of amides is 1. The molecule has 7 nitrogen and oxygen atoms in total. The number of ketones is 1. The maximum absolute atomic E-state index is 13.2. The molecular formula is C25H20Cl2N2O5. The minimum atomic E-state index is -0.912. The van der Waals surface area contributed by atoms with Gasteiger partial charge in [0.15, 0.2) is 11.5 Å². The molecule has 1 saturated heterocycles. The van der Waals surface area contributed by atoms with Gasteiger partial charge in [-0.05, 0) is 48.0 Å². The Bertz CT molecular complexity index is 1290. The SMILES string of the molecule is COc1ccc(/C(O)=C2/C(=O)C(=O)N(Cc3ccccn3)C2c2ccc(Cl)c(Cl)c2)cc1OC. The highest BCUT2D eigenvalue weighted by molar-refractivity contribution is 6.46. The number of hydrogen-bond acceptors (Lipinski definition) is 6. The third kappa shape index (κ3) is 4.32. The van der Waals surface area contributed by atoms with Crippen LogP contribution in [0.15, 0.2) is 66.4 Å². The van der Waals surface area contributed by atoms with E-state index in [0.29, 0.717) is 33.3 Å². The molecule has 3 aromatic rings. The molecule has 1 aromatic heterocycles. The van der Waals surface area contributed by atoms with Crippen molar-refractivity contribution < 1.29 is 24.2 Å². The van der Waals surface area contributed by atoms with Crippen molar-refractivity contribution in [2.24, 2.45) is 0 Å². The van der Waals surface area contributed by atoms with Crippen molar-refractivity contribution in [3.05, 3.63) is 93.2 Å². The summed E-state index contributed by atoms with van der Waals surface area (Å²) in [4.78, 5) is 31.9. The predicted molar refractivity (Wildman–Crippen MR) is 128 cm³/mol. The number of likely N-dealkylation sites (tertiary alicyclic amines) is 1. The summed E-state index contributed by atoms with van der Waals surface area (Å²) in [5, 5.41) is 11.8. The second-order valence-corrected chi connectivity index (χ2v) is 8.31. The molecule has 4 rings (SSSR count). The van der Waals surface area contributed by atoms with E-state index in [4.69, 9.17) is 32.7 Å². The van der Waals surface area contributed by atoms with Crippen molar-refractivity contribution in [1.82, 2.24) is 9.88 Å². The first kappa shape index (κ1) is 23.6. The van der Waals surface area contributed by atoms with Crippen molar-refractivity contribution >= 4 is 40.7 Å². The molecule has 0 saturated carbocycles. The number of pyridine rings is 1. The highest BCUT2D eigenvalue weighted by atomic mass is 35.5. The third-order valence-electron chi connectivity index (χ3n) is 5.51. The Kier molecular flexibility index (Phi) is 6.77. The zero-order valence-corrected chi connectivity index (χ0v) is 19.8. The molecule has 9 heteroatoms. The highest BCUT2D eigenvalue weighted by Gasteiger charge is 2.46. The van der Waals surface area contributed by atoms with Gasteiger partial charge < -0.3 is 19.5 Å². The fraction of sp³-hybridized carbons (Fsp3) is 0.160. The minimum Gasteiger partial charge on any atom is -0.507 e. The van der Waals surface area contributed by atoms with Crippen molar-refractivity contribution in [2.45, 2.75) is 12.6 Å². The fourth-order valence-corrected chi connectivity index (χ4v) is 4.18. The molecule has 34 heavy (non-hydrogen) atoms. The predicted octanol–water partition coefficient (Wildman–Crippen LogP) is 5.03. The quantitative estimate of drug-likeness (QED) is 0.291. The molecule has 0 aliphatic carbocycles. The summed E-state index contributed by atoms with van der Waals surface area (Å²) in [5.41, 5.74) is 1.32. The molecular weight excluding hydrogens is 479 g/mol. The molecule has 1 atom stereocenters. The number of aromatic nitrogens is 1. The van der Waals surface area contributed by atoms with Crippen LogP contribution in [0.1, 0.15) is 22.9 Å². The van der Waals surface area contributed by atoms with E-state index in [2.05, 4.69) is 4.98 Å². The van der Waals surface area contributed by atoms with Gasteiger partial charge in [-0.15, -0.1) is 0 Å². The molecule has 2 aromatic carbocycles. The summed E-state index contributed by atoms with van der Waals surface area (Å²) in [6, 6.07) is 13.9. The van der Waals surface area contributed by atoms with Crippen LogP contribution in [-0.2, 0) is 16.1 Å². The Balaban J connectivity index is 1.89. The maximum atomic E-state index is 13.2. The van der Waals surface area contributed by atoms with Crippen molar-refractivity contribution in [3.63, 3.8) is 0 Å². The summed E-state index contributed by atoms with van der Waals surface area (Å²) < 4.78 is 10.6. The van der Waals surface area contributed by atoms with Gasteiger partial charge in [-0.25, -0.2) is 0 Å². The lowest BCUT2D eigenvalue weighted by molar-refractivity contribution is -0.140. The molecule has 1 aliphatic heterocycles. The lowest BCUT2D eigenvalue weighted by Gasteiger charge is -2.25. The first-order chi connectivity index (χ1) is 16.3. The monoisotopic (exact) mass is 498 g/mol. The average molecular weight is 499 g/mol. The van der Waals surface area contributed by atoms with E-state index in [0.717, 1.165) is 0 Å². The standard InChI is InChI=1S/C25H20Cl2N2O5/c1-33-19-9-7-15(12-20(19)34-2)23(30)21-22(14-6-8-17(26)18(27)11-14)29(25(32)24(21)31)13-16-5-3-4-10-28-16/h3-12,22,30H,13H2,1-2H3/b23-21-. The van der Waals surface area contributed by atoms with E-state index in [-0.39, 0.29) is 22.9 Å². The van der Waals surface area contributed by atoms with Crippen LogP contribution in [0.2, 0.25) is 10.0 Å². The van der Waals surface area contributed by atoms with Crippen LogP contribution < -0.4 is 9.47 Å². The summed E-state index contributed by atoms with van der Waals surface area (Å²) >= 11 is 12.3. The molecule has 1 amide bonds. The van der Waals surface area contributed by atoms with E-state index in [1.807, 2.05) is 0 Å². The smallest absolute Gasteiger partial charge is 0.296 e. The number of carbonyl (C=O) groups is 2. The first-order valence-electron chi connectivity index (χ1n) is 10.2. The van der Waals surface area contributed by atoms with E-state index in [1.54, 1.807) is 54.7 Å². The van der Waals surface area contributed by atoms with Gasteiger partial charge in [0.1, 0.15) is 5.76 Å². The topological polar surface area (TPSA) is 89.0 Å². The number of nitrogens with zero attached hydrogens (tertiary/aromatic N) is 2. The van der Waals surface area contributed by atoms with Crippen LogP contribution in [-0.4, -0.2) is 40.9 Å². The van der Waals surface area contributed by atoms with Crippen LogP contribution in [0.4, 0.5) is 0 Å². The van der Waals surface area contributed by atoms with Gasteiger partial charge in [0.2, 0.25) is 0 Å². The van der Waals surface area contributed by atoms with E-state index in [9.17, 15) is 14.7 Å². The van der Waals surface area contributed by atoms with Crippen LogP contribution in [0.5, 0.6) is 11.5 Å². The molecule has 1 aliphatic rings. The molecule has 0 spiro atoms. The zero-order chi connectivity index (χ0) is 24.4. The van der Waals surface area contributed by atoms with Gasteiger partial charge in [-0.1, -0.05) is 35.3 Å². The maximum Gasteiger partial charge on any atom is 0.296 e. The van der Waals surface area contributed by atoms with Crippen molar-refractivity contribution in [2.75, 3.05) is 14.2 Å². The highest BCUT2D eigenvalue weighted by Crippen LogP contribution is 2.42. The summed E-state index contributed by atoms with van der Waals surface area (Å²) in [5.74, 6) is -1.11. The third-order valence-corrected chi connectivity index (χ3v) is 6.25. The second kappa shape index (κ2) is 9.75. The van der Waals surface area contributed by atoms with Crippen LogP contribution in [0.25, 0.3) is 5.76 Å². The van der Waals surface area contributed by atoms with Gasteiger partial charge in [-0.2, -0.15) is 0 Å². The normalized spacial score (nSPS) is 17.2. The van der Waals surface area contributed by atoms with Crippen molar-refractivity contribution in [1.29, 1.82) is 0 Å². The van der Waals surface area contributed by atoms with Gasteiger partial charge in [0.25, 0.3) is 11.7 Å². The summed E-state index contributed by atoms with van der Waals surface area (Å²) in [7, 11) is 2.95. The number of aliphatic hydroxyl groups excluding tert-OH is 1. The lowest BCUT2D eigenvalue weighted by atomic mass is 9.95. The molecule has 0 bridgehead atoms. The zero-order valence-electron chi connectivity index (χ0n) is 18.3.